The minimum atomic E-state index is -0.136. The van der Waals surface area contributed by atoms with Crippen LogP contribution in [0.5, 0.6) is 0 Å². The molecule has 0 nitrogen and oxygen atoms in total. The Balaban J connectivity index is 2.80. The van der Waals surface area contributed by atoms with Crippen molar-refractivity contribution in [2.45, 2.75) is 6.42 Å². The zero-order valence-corrected chi connectivity index (χ0v) is 7.33. The standard InChI is InChI=1S/C10H8FS/c1-2-10-7-4-3-5-9(11)8(7)6-12-10/h3-6H,1-2H2. The van der Waals surface area contributed by atoms with E-state index < -0.39 is 0 Å². The van der Waals surface area contributed by atoms with Gasteiger partial charge in [0.15, 0.2) is 0 Å². The highest BCUT2D eigenvalue weighted by Crippen LogP contribution is 2.27. The Morgan fingerprint density at radius 1 is 1.33 bits per heavy atom. The van der Waals surface area contributed by atoms with Crippen LogP contribution in [-0.4, -0.2) is 0 Å². The first-order valence-electron chi connectivity index (χ1n) is 3.77. The first-order valence-corrected chi connectivity index (χ1v) is 4.64. The molecule has 0 amide bonds. The minimum Gasteiger partial charge on any atom is -0.206 e. The molecular formula is C10H8FS. The van der Waals surface area contributed by atoms with E-state index in [0.29, 0.717) is 0 Å². The zero-order chi connectivity index (χ0) is 8.55. The van der Waals surface area contributed by atoms with Gasteiger partial charge in [-0.05, 0) is 24.8 Å². The van der Waals surface area contributed by atoms with Gasteiger partial charge in [0.25, 0.3) is 0 Å². The van der Waals surface area contributed by atoms with Crippen LogP contribution in [0.1, 0.15) is 4.88 Å². The summed E-state index contributed by atoms with van der Waals surface area (Å²) >= 11 is 1.57. The van der Waals surface area contributed by atoms with E-state index in [1.54, 1.807) is 17.4 Å². The number of thiophene rings is 1. The third kappa shape index (κ3) is 1.03. The topological polar surface area (TPSA) is 0 Å². The van der Waals surface area contributed by atoms with Gasteiger partial charge in [-0.3, -0.25) is 0 Å². The van der Waals surface area contributed by atoms with Gasteiger partial charge in [0.05, 0.1) is 0 Å². The predicted octanol–water partition coefficient (Wildman–Crippen LogP) is 3.42. The second kappa shape index (κ2) is 2.87. The summed E-state index contributed by atoms with van der Waals surface area (Å²) in [7, 11) is 0. The maximum atomic E-state index is 13.1. The Bertz CT molecular complexity index is 403. The molecule has 12 heavy (non-hydrogen) atoms. The van der Waals surface area contributed by atoms with E-state index in [0.717, 1.165) is 22.1 Å². The quantitative estimate of drug-likeness (QED) is 0.629. The summed E-state index contributed by atoms with van der Waals surface area (Å²) in [5, 5.41) is 3.58. The van der Waals surface area contributed by atoms with Crippen LogP contribution in [0.25, 0.3) is 10.8 Å². The molecule has 2 rings (SSSR count). The highest BCUT2D eigenvalue weighted by Gasteiger charge is 2.04. The average molecular weight is 179 g/mol. The van der Waals surface area contributed by atoms with Crippen molar-refractivity contribution in [3.05, 3.63) is 41.2 Å². The lowest BCUT2D eigenvalue weighted by atomic mass is 10.1. The van der Waals surface area contributed by atoms with E-state index in [9.17, 15) is 4.39 Å². The van der Waals surface area contributed by atoms with E-state index in [2.05, 4.69) is 6.92 Å². The van der Waals surface area contributed by atoms with Crippen LogP contribution in [0.2, 0.25) is 0 Å². The molecule has 1 heterocycles. The van der Waals surface area contributed by atoms with E-state index in [1.165, 1.54) is 6.07 Å². The third-order valence-electron chi connectivity index (χ3n) is 1.90. The summed E-state index contributed by atoms with van der Waals surface area (Å²) in [6.07, 6.45) is 0.734. The van der Waals surface area contributed by atoms with Gasteiger partial charge in [0, 0.05) is 15.6 Å². The summed E-state index contributed by atoms with van der Waals surface area (Å²) in [5.41, 5.74) is 0. The number of hydrogen-bond donors (Lipinski definition) is 0. The van der Waals surface area contributed by atoms with Crippen LogP contribution in [0.4, 0.5) is 4.39 Å². The van der Waals surface area contributed by atoms with Crippen LogP contribution < -0.4 is 0 Å². The highest BCUT2D eigenvalue weighted by atomic mass is 32.1. The summed E-state index contributed by atoms with van der Waals surface area (Å²) in [5.74, 6) is -0.136. The zero-order valence-electron chi connectivity index (χ0n) is 6.51. The molecule has 0 unspecified atom stereocenters. The van der Waals surface area contributed by atoms with Crippen molar-refractivity contribution >= 4 is 22.1 Å². The fraction of sp³-hybridized carbons (Fsp3) is 0.100. The van der Waals surface area contributed by atoms with Crippen molar-refractivity contribution in [1.82, 2.24) is 0 Å². The molecule has 61 valence electrons. The second-order valence-electron chi connectivity index (χ2n) is 2.61. The van der Waals surface area contributed by atoms with E-state index in [1.807, 2.05) is 11.4 Å². The van der Waals surface area contributed by atoms with Crippen molar-refractivity contribution < 1.29 is 4.39 Å². The molecule has 0 atom stereocenters. The van der Waals surface area contributed by atoms with Crippen LogP contribution in [-0.2, 0) is 6.42 Å². The normalized spacial score (nSPS) is 10.8. The van der Waals surface area contributed by atoms with Crippen molar-refractivity contribution in [3.8, 4) is 0 Å². The molecule has 0 saturated heterocycles. The molecule has 0 aliphatic heterocycles. The monoisotopic (exact) mass is 179 g/mol. The Kier molecular flexibility index (Phi) is 1.85. The minimum absolute atomic E-state index is 0.136. The van der Waals surface area contributed by atoms with Gasteiger partial charge < -0.3 is 0 Å². The van der Waals surface area contributed by atoms with Gasteiger partial charge in [-0.25, -0.2) is 4.39 Å². The lowest BCUT2D eigenvalue weighted by Gasteiger charge is -1.93. The van der Waals surface area contributed by atoms with Gasteiger partial charge in [0.1, 0.15) is 5.82 Å². The lowest BCUT2D eigenvalue weighted by Crippen LogP contribution is -1.76. The van der Waals surface area contributed by atoms with Crippen LogP contribution in [0.3, 0.4) is 0 Å². The molecule has 0 N–H and O–H groups in total. The van der Waals surface area contributed by atoms with Crippen LogP contribution >= 0.6 is 11.3 Å². The predicted molar refractivity (Wildman–Crippen MR) is 50.8 cm³/mol. The lowest BCUT2D eigenvalue weighted by molar-refractivity contribution is 0.640. The molecule has 0 spiro atoms. The maximum Gasteiger partial charge on any atom is 0.131 e. The van der Waals surface area contributed by atoms with Gasteiger partial charge in [-0.1, -0.05) is 12.1 Å². The van der Waals surface area contributed by atoms with E-state index in [-0.39, 0.29) is 5.82 Å². The third-order valence-corrected chi connectivity index (χ3v) is 2.96. The number of hydrogen-bond acceptors (Lipinski definition) is 1. The summed E-state index contributed by atoms with van der Waals surface area (Å²) < 4.78 is 13.1. The average Bonchev–Trinajstić information content (AvgIpc) is 2.49. The molecule has 1 aromatic carbocycles. The van der Waals surface area contributed by atoms with Gasteiger partial charge >= 0.3 is 0 Å². The molecule has 0 bridgehead atoms. The molecule has 0 aliphatic rings. The Hall–Kier alpha value is -0.890. The molecule has 0 aliphatic carbocycles. The highest BCUT2D eigenvalue weighted by molar-refractivity contribution is 7.11. The number of rotatable bonds is 1. The van der Waals surface area contributed by atoms with E-state index in [4.69, 9.17) is 0 Å². The van der Waals surface area contributed by atoms with Crippen LogP contribution in [0.15, 0.2) is 23.6 Å². The second-order valence-corrected chi connectivity index (χ2v) is 3.57. The first-order chi connectivity index (χ1) is 5.83. The first kappa shape index (κ1) is 7.74. The molecule has 0 saturated carbocycles. The Morgan fingerprint density at radius 2 is 2.17 bits per heavy atom. The van der Waals surface area contributed by atoms with Crippen molar-refractivity contribution in [1.29, 1.82) is 0 Å². The molecule has 0 fully saturated rings. The number of benzene rings is 1. The van der Waals surface area contributed by atoms with Crippen molar-refractivity contribution in [3.63, 3.8) is 0 Å². The van der Waals surface area contributed by atoms with Crippen molar-refractivity contribution in [2.75, 3.05) is 0 Å². The fourth-order valence-corrected chi connectivity index (χ4v) is 2.21. The number of halogens is 1. The Morgan fingerprint density at radius 3 is 2.92 bits per heavy atom. The summed E-state index contributed by atoms with van der Waals surface area (Å²) in [6, 6.07) is 5.17. The molecule has 2 aromatic rings. The van der Waals surface area contributed by atoms with Gasteiger partial charge in [-0.15, -0.1) is 11.3 Å². The fourth-order valence-electron chi connectivity index (χ4n) is 1.29. The molecule has 1 radical (unpaired) electrons. The summed E-state index contributed by atoms with van der Waals surface area (Å²) in [6.45, 7) is 3.80. The number of fused-ring (bicyclic) bond motifs is 1. The molecule has 1 aromatic heterocycles. The Labute approximate surface area is 74.6 Å². The smallest absolute Gasteiger partial charge is 0.131 e. The van der Waals surface area contributed by atoms with Gasteiger partial charge in [-0.2, -0.15) is 0 Å². The molecule has 2 heteroatoms. The maximum absolute atomic E-state index is 13.1. The largest absolute Gasteiger partial charge is 0.206 e. The van der Waals surface area contributed by atoms with Gasteiger partial charge in [0.2, 0.25) is 0 Å². The van der Waals surface area contributed by atoms with Crippen LogP contribution in [0, 0.1) is 12.7 Å². The SMILES string of the molecule is [CH2]Cc1scc2c(F)cccc12. The molecular weight excluding hydrogens is 171 g/mol. The summed E-state index contributed by atoms with van der Waals surface area (Å²) in [4.78, 5) is 1.16. The van der Waals surface area contributed by atoms with E-state index >= 15 is 0 Å². The van der Waals surface area contributed by atoms with Crippen molar-refractivity contribution in [2.24, 2.45) is 0 Å².